The average molecular weight is 181 g/mol. The van der Waals surface area contributed by atoms with E-state index in [0.29, 0.717) is 0 Å². The van der Waals surface area contributed by atoms with Crippen LogP contribution >= 0.6 is 0 Å². The van der Waals surface area contributed by atoms with E-state index in [0.717, 1.165) is 38.2 Å². The van der Waals surface area contributed by atoms with Gasteiger partial charge in [-0.1, -0.05) is 11.2 Å². The monoisotopic (exact) mass is 181 g/mol. The van der Waals surface area contributed by atoms with Gasteiger partial charge in [0.05, 0.1) is 0 Å². The predicted octanol–water partition coefficient (Wildman–Crippen LogP) is 1.17. The third-order valence-electron chi connectivity index (χ3n) is 1.69. The van der Waals surface area contributed by atoms with E-state index in [1.54, 1.807) is 0 Å². The molecule has 1 aromatic rings. The molecule has 1 aromatic heterocycles. The number of nitrogens with one attached hydrogen (secondary N) is 1. The molecule has 0 saturated carbocycles. The largest absolute Gasteiger partial charge is 0.343 e. The molecule has 72 valence electrons. The van der Waals surface area contributed by atoms with Gasteiger partial charge >= 0.3 is 0 Å². The van der Waals surface area contributed by atoms with Crippen molar-refractivity contribution in [3.05, 3.63) is 24.9 Å². The van der Waals surface area contributed by atoms with Gasteiger partial charge in [0.25, 0.3) is 0 Å². The van der Waals surface area contributed by atoms with Crippen molar-refractivity contribution in [1.82, 2.24) is 15.5 Å². The van der Waals surface area contributed by atoms with Crippen LogP contribution in [0.25, 0.3) is 0 Å². The smallest absolute Gasteiger partial charge is 0.213 e. The molecular weight excluding hydrogens is 166 g/mol. The molecule has 4 nitrogen and oxygen atoms in total. The highest BCUT2D eigenvalue weighted by Crippen LogP contribution is 1.89. The van der Waals surface area contributed by atoms with Crippen LogP contribution in [0.1, 0.15) is 18.7 Å². The van der Waals surface area contributed by atoms with E-state index >= 15 is 0 Å². The van der Waals surface area contributed by atoms with Gasteiger partial charge in [0.15, 0.2) is 5.82 Å². The van der Waals surface area contributed by atoms with Gasteiger partial charge in [0, 0.05) is 13.0 Å². The topological polar surface area (TPSA) is 51.0 Å². The number of aromatic nitrogens is 2. The standard InChI is InChI=1S/C9H15N3O/c1-2-3-4-6-10-7-5-9-11-8-13-12-9/h2,8,10H,1,3-7H2. The Labute approximate surface area is 78.0 Å². The van der Waals surface area contributed by atoms with Gasteiger partial charge < -0.3 is 9.84 Å². The number of nitrogens with zero attached hydrogens (tertiary/aromatic N) is 2. The molecule has 0 spiro atoms. The number of hydrogen-bond acceptors (Lipinski definition) is 4. The highest BCUT2D eigenvalue weighted by molar-refractivity contribution is 4.78. The first-order valence-corrected chi connectivity index (χ1v) is 4.50. The lowest BCUT2D eigenvalue weighted by molar-refractivity contribution is 0.409. The first-order chi connectivity index (χ1) is 6.43. The number of allylic oxidation sites excluding steroid dienone is 1. The van der Waals surface area contributed by atoms with E-state index in [9.17, 15) is 0 Å². The molecule has 0 saturated heterocycles. The summed E-state index contributed by atoms with van der Waals surface area (Å²) in [4.78, 5) is 3.92. The second kappa shape index (κ2) is 6.37. The van der Waals surface area contributed by atoms with Crippen molar-refractivity contribution in [2.45, 2.75) is 19.3 Å². The SMILES string of the molecule is C=CCCCNCCc1ncon1. The van der Waals surface area contributed by atoms with Crippen molar-refractivity contribution < 1.29 is 4.52 Å². The van der Waals surface area contributed by atoms with Gasteiger partial charge in [-0.15, -0.1) is 6.58 Å². The van der Waals surface area contributed by atoms with Crippen LogP contribution in [0.4, 0.5) is 0 Å². The van der Waals surface area contributed by atoms with Crippen molar-refractivity contribution in [2.75, 3.05) is 13.1 Å². The summed E-state index contributed by atoms with van der Waals surface area (Å²) in [5.74, 6) is 0.760. The van der Waals surface area contributed by atoms with Crippen LogP contribution in [-0.4, -0.2) is 23.2 Å². The van der Waals surface area contributed by atoms with Gasteiger partial charge in [0.1, 0.15) is 0 Å². The third kappa shape index (κ3) is 4.42. The first kappa shape index (κ1) is 9.92. The summed E-state index contributed by atoms with van der Waals surface area (Å²) in [7, 11) is 0. The minimum atomic E-state index is 0.760. The molecule has 1 rings (SSSR count). The lowest BCUT2D eigenvalue weighted by Crippen LogP contribution is -2.18. The maximum atomic E-state index is 4.61. The second-order valence-corrected chi connectivity index (χ2v) is 2.78. The molecule has 0 bridgehead atoms. The molecule has 13 heavy (non-hydrogen) atoms. The average Bonchev–Trinajstić information content (AvgIpc) is 2.63. The van der Waals surface area contributed by atoms with Crippen LogP contribution in [0, 0.1) is 0 Å². The molecule has 0 aromatic carbocycles. The van der Waals surface area contributed by atoms with E-state index in [-0.39, 0.29) is 0 Å². The van der Waals surface area contributed by atoms with Crippen LogP contribution < -0.4 is 5.32 Å². The van der Waals surface area contributed by atoms with Crippen molar-refractivity contribution >= 4 is 0 Å². The minimum Gasteiger partial charge on any atom is -0.343 e. The molecule has 0 fully saturated rings. The maximum Gasteiger partial charge on any atom is 0.213 e. The Morgan fingerprint density at radius 3 is 3.15 bits per heavy atom. The summed E-state index contributed by atoms with van der Waals surface area (Å²) in [6.07, 6.45) is 6.31. The van der Waals surface area contributed by atoms with Gasteiger partial charge in [-0.3, -0.25) is 0 Å². The third-order valence-corrected chi connectivity index (χ3v) is 1.69. The van der Waals surface area contributed by atoms with Crippen LogP contribution in [0.3, 0.4) is 0 Å². The fraction of sp³-hybridized carbons (Fsp3) is 0.556. The van der Waals surface area contributed by atoms with Crippen molar-refractivity contribution in [3.63, 3.8) is 0 Å². The van der Waals surface area contributed by atoms with Crippen molar-refractivity contribution in [1.29, 1.82) is 0 Å². The Hall–Kier alpha value is -1.16. The zero-order valence-corrected chi connectivity index (χ0v) is 7.70. The molecule has 4 heteroatoms. The van der Waals surface area contributed by atoms with E-state index in [1.807, 2.05) is 6.08 Å². The number of hydrogen-bond donors (Lipinski definition) is 1. The van der Waals surface area contributed by atoms with Gasteiger partial charge in [-0.25, -0.2) is 0 Å². The Bertz CT molecular complexity index is 221. The van der Waals surface area contributed by atoms with Crippen LogP contribution in [0.5, 0.6) is 0 Å². The summed E-state index contributed by atoms with van der Waals surface area (Å²) in [5, 5.41) is 7.00. The van der Waals surface area contributed by atoms with Gasteiger partial charge in [-0.05, 0) is 19.4 Å². The minimum absolute atomic E-state index is 0.760. The molecule has 0 aliphatic rings. The van der Waals surface area contributed by atoms with Crippen LogP contribution in [-0.2, 0) is 6.42 Å². The fourth-order valence-corrected chi connectivity index (χ4v) is 0.999. The fourth-order valence-electron chi connectivity index (χ4n) is 0.999. The molecule has 0 atom stereocenters. The van der Waals surface area contributed by atoms with E-state index in [4.69, 9.17) is 0 Å². The normalized spacial score (nSPS) is 10.2. The Balaban J connectivity index is 1.93. The molecule has 1 N–H and O–H groups in total. The quantitative estimate of drug-likeness (QED) is 0.506. The van der Waals surface area contributed by atoms with Crippen LogP contribution in [0.2, 0.25) is 0 Å². The summed E-state index contributed by atoms with van der Waals surface area (Å²) in [6, 6.07) is 0. The van der Waals surface area contributed by atoms with E-state index in [1.165, 1.54) is 6.39 Å². The molecule has 0 aliphatic heterocycles. The van der Waals surface area contributed by atoms with Gasteiger partial charge in [0.2, 0.25) is 6.39 Å². The zero-order chi connectivity index (χ0) is 9.36. The lowest BCUT2D eigenvalue weighted by Gasteiger charge is -1.99. The maximum absolute atomic E-state index is 4.61. The molecular formula is C9H15N3O. The van der Waals surface area contributed by atoms with Crippen molar-refractivity contribution in [3.8, 4) is 0 Å². The summed E-state index contributed by atoms with van der Waals surface area (Å²) in [5.41, 5.74) is 0. The predicted molar refractivity (Wildman–Crippen MR) is 50.3 cm³/mol. The Morgan fingerprint density at radius 1 is 1.54 bits per heavy atom. The second-order valence-electron chi connectivity index (χ2n) is 2.78. The summed E-state index contributed by atoms with van der Waals surface area (Å²) >= 11 is 0. The highest BCUT2D eigenvalue weighted by atomic mass is 16.5. The van der Waals surface area contributed by atoms with E-state index < -0.39 is 0 Å². The molecule has 0 unspecified atom stereocenters. The number of rotatable bonds is 7. The Kier molecular flexibility index (Phi) is 4.86. The lowest BCUT2D eigenvalue weighted by atomic mass is 10.3. The molecule has 0 aliphatic carbocycles. The number of unbranched alkanes of at least 4 members (excludes halogenated alkanes) is 1. The first-order valence-electron chi connectivity index (χ1n) is 4.50. The highest BCUT2D eigenvalue weighted by Gasteiger charge is 1.96. The van der Waals surface area contributed by atoms with Crippen LogP contribution in [0.15, 0.2) is 23.6 Å². The summed E-state index contributed by atoms with van der Waals surface area (Å²) < 4.78 is 4.61. The zero-order valence-electron chi connectivity index (χ0n) is 7.70. The van der Waals surface area contributed by atoms with Gasteiger partial charge in [-0.2, -0.15) is 4.98 Å². The summed E-state index contributed by atoms with van der Waals surface area (Å²) in [6.45, 7) is 5.58. The Morgan fingerprint density at radius 2 is 2.46 bits per heavy atom. The molecule has 0 radical (unpaired) electrons. The van der Waals surface area contributed by atoms with Crippen molar-refractivity contribution in [2.24, 2.45) is 0 Å². The van der Waals surface area contributed by atoms with E-state index in [2.05, 4.69) is 26.6 Å². The molecule has 1 heterocycles. The molecule has 0 amide bonds.